The van der Waals surface area contributed by atoms with Gasteiger partial charge in [-0.2, -0.15) is 0 Å². The molecule has 0 radical (unpaired) electrons. The van der Waals surface area contributed by atoms with Crippen LogP contribution in [0.15, 0.2) is 24.3 Å². The molecule has 0 heterocycles. The molecule has 0 spiro atoms. The molecule has 1 aromatic carbocycles. The predicted molar refractivity (Wildman–Crippen MR) is 69.0 cm³/mol. The highest BCUT2D eigenvalue weighted by atomic mass is 35.5. The predicted octanol–water partition coefficient (Wildman–Crippen LogP) is 3.42. The lowest BCUT2D eigenvalue weighted by Gasteiger charge is -2.15. The van der Waals surface area contributed by atoms with E-state index in [1.54, 1.807) is 0 Å². The molecular formula is C13H20ClNO. The van der Waals surface area contributed by atoms with Crippen LogP contribution in [0, 0.1) is 0 Å². The Labute approximate surface area is 103 Å². The fraction of sp³-hybridized carbons (Fsp3) is 0.538. The smallest absolute Gasteiger partial charge is 0.0594 e. The quantitative estimate of drug-likeness (QED) is 0.771. The summed E-state index contributed by atoms with van der Waals surface area (Å²) in [6.45, 7) is 7.83. The van der Waals surface area contributed by atoms with Gasteiger partial charge in [-0.1, -0.05) is 23.7 Å². The first-order valence-electron chi connectivity index (χ1n) is 5.70. The number of ether oxygens (including phenoxy) is 1. The van der Waals surface area contributed by atoms with Gasteiger partial charge in [0.1, 0.15) is 0 Å². The minimum Gasteiger partial charge on any atom is -0.377 e. The lowest BCUT2D eigenvalue weighted by Crippen LogP contribution is -2.24. The first-order chi connectivity index (χ1) is 7.59. The summed E-state index contributed by atoms with van der Waals surface area (Å²) in [6, 6.07) is 8.25. The molecule has 1 aromatic rings. The normalized spacial score (nSPS) is 13.1. The van der Waals surface area contributed by atoms with Crippen molar-refractivity contribution in [3.05, 3.63) is 34.9 Å². The molecule has 0 aromatic heterocycles. The van der Waals surface area contributed by atoms with Crippen LogP contribution in [-0.2, 0) is 4.74 Å². The summed E-state index contributed by atoms with van der Waals surface area (Å²) >= 11 is 5.84. The van der Waals surface area contributed by atoms with Gasteiger partial charge in [0.25, 0.3) is 0 Å². The second-order valence-corrected chi connectivity index (χ2v) is 4.58. The minimum absolute atomic E-state index is 0.299. The van der Waals surface area contributed by atoms with E-state index in [4.69, 9.17) is 16.3 Å². The molecule has 1 N–H and O–H groups in total. The lowest BCUT2D eigenvalue weighted by atomic mass is 10.1. The van der Waals surface area contributed by atoms with Crippen molar-refractivity contribution in [2.24, 2.45) is 0 Å². The van der Waals surface area contributed by atoms with E-state index in [-0.39, 0.29) is 0 Å². The van der Waals surface area contributed by atoms with Crippen molar-refractivity contribution in [3.8, 4) is 0 Å². The monoisotopic (exact) mass is 241 g/mol. The van der Waals surface area contributed by atoms with Gasteiger partial charge < -0.3 is 10.1 Å². The molecular weight excluding hydrogens is 222 g/mol. The van der Waals surface area contributed by atoms with E-state index in [2.05, 4.69) is 12.2 Å². The van der Waals surface area contributed by atoms with Crippen molar-refractivity contribution >= 4 is 11.6 Å². The first kappa shape index (κ1) is 13.5. The highest BCUT2D eigenvalue weighted by Crippen LogP contribution is 2.15. The summed E-state index contributed by atoms with van der Waals surface area (Å²) in [7, 11) is 0. The van der Waals surface area contributed by atoms with Crippen LogP contribution in [0.5, 0.6) is 0 Å². The first-order valence-corrected chi connectivity index (χ1v) is 6.08. The van der Waals surface area contributed by atoms with Crippen LogP contribution in [0.1, 0.15) is 32.4 Å². The number of rotatable bonds is 6. The number of benzene rings is 1. The molecule has 0 fully saturated rings. The zero-order valence-electron chi connectivity index (χ0n) is 10.2. The Morgan fingerprint density at radius 1 is 1.19 bits per heavy atom. The van der Waals surface area contributed by atoms with Gasteiger partial charge in [-0.3, -0.25) is 0 Å². The molecule has 3 heteroatoms. The topological polar surface area (TPSA) is 21.3 Å². The number of hydrogen-bond acceptors (Lipinski definition) is 2. The van der Waals surface area contributed by atoms with Gasteiger partial charge in [-0.15, -0.1) is 0 Å². The average molecular weight is 242 g/mol. The molecule has 16 heavy (non-hydrogen) atoms. The van der Waals surface area contributed by atoms with Gasteiger partial charge in [0.15, 0.2) is 0 Å². The van der Waals surface area contributed by atoms with Crippen molar-refractivity contribution in [1.82, 2.24) is 5.32 Å². The van der Waals surface area contributed by atoms with E-state index < -0.39 is 0 Å². The van der Waals surface area contributed by atoms with Gasteiger partial charge in [0.05, 0.1) is 12.7 Å². The van der Waals surface area contributed by atoms with Crippen molar-refractivity contribution < 1.29 is 4.74 Å². The van der Waals surface area contributed by atoms with Crippen molar-refractivity contribution in [2.75, 3.05) is 13.2 Å². The number of nitrogens with one attached hydrogen (secondary N) is 1. The minimum atomic E-state index is 0.299. The molecule has 0 saturated heterocycles. The van der Waals surface area contributed by atoms with Gasteiger partial charge >= 0.3 is 0 Å². The van der Waals surface area contributed by atoms with Gasteiger partial charge in [-0.05, 0) is 38.5 Å². The Morgan fingerprint density at radius 2 is 1.81 bits per heavy atom. The van der Waals surface area contributed by atoms with E-state index in [0.29, 0.717) is 12.1 Å². The van der Waals surface area contributed by atoms with Crippen LogP contribution in [0.3, 0.4) is 0 Å². The Bertz CT molecular complexity index is 297. The Balaban J connectivity index is 2.29. The fourth-order valence-corrected chi connectivity index (χ4v) is 1.57. The molecule has 90 valence electrons. The molecule has 0 unspecified atom stereocenters. The molecule has 0 bridgehead atoms. The summed E-state index contributed by atoms with van der Waals surface area (Å²) in [5, 5.41) is 4.18. The maximum Gasteiger partial charge on any atom is 0.0594 e. The van der Waals surface area contributed by atoms with Crippen molar-refractivity contribution in [1.29, 1.82) is 0 Å². The number of halogens is 1. The molecule has 1 rings (SSSR count). The third-order valence-corrected chi connectivity index (χ3v) is 2.63. The maximum absolute atomic E-state index is 5.84. The molecule has 0 aliphatic rings. The van der Waals surface area contributed by atoms with Crippen LogP contribution >= 0.6 is 11.6 Å². The van der Waals surface area contributed by atoms with Crippen LogP contribution in [-0.4, -0.2) is 19.3 Å². The third-order valence-electron chi connectivity index (χ3n) is 2.37. The Hall–Kier alpha value is -0.570. The molecule has 1 atom stereocenters. The zero-order chi connectivity index (χ0) is 12.0. The zero-order valence-corrected chi connectivity index (χ0v) is 10.9. The van der Waals surface area contributed by atoms with Crippen molar-refractivity contribution in [3.63, 3.8) is 0 Å². The van der Waals surface area contributed by atoms with E-state index in [0.717, 1.165) is 18.2 Å². The Morgan fingerprint density at radius 3 is 2.38 bits per heavy atom. The second-order valence-electron chi connectivity index (χ2n) is 4.15. The summed E-state index contributed by atoms with van der Waals surface area (Å²) in [5.74, 6) is 0. The molecule has 0 amide bonds. The maximum atomic E-state index is 5.84. The SMILES string of the molecule is CC(C)OCCN[C@H](C)c1ccc(Cl)cc1. The lowest BCUT2D eigenvalue weighted by molar-refractivity contribution is 0.0796. The van der Waals surface area contributed by atoms with Gasteiger partial charge in [0, 0.05) is 17.6 Å². The average Bonchev–Trinajstić information content (AvgIpc) is 2.25. The van der Waals surface area contributed by atoms with Crippen LogP contribution in [0.2, 0.25) is 5.02 Å². The number of hydrogen-bond donors (Lipinski definition) is 1. The fourth-order valence-electron chi connectivity index (χ4n) is 1.44. The highest BCUT2D eigenvalue weighted by Gasteiger charge is 2.03. The summed E-state index contributed by atoms with van der Waals surface area (Å²) < 4.78 is 5.46. The molecule has 0 aliphatic carbocycles. The second kappa shape index (κ2) is 6.89. The molecule has 0 aliphatic heterocycles. The van der Waals surface area contributed by atoms with E-state index in [9.17, 15) is 0 Å². The van der Waals surface area contributed by atoms with Crippen LogP contribution < -0.4 is 5.32 Å². The van der Waals surface area contributed by atoms with Crippen LogP contribution in [0.4, 0.5) is 0 Å². The van der Waals surface area contributed by atoms with Gasteiger partial charge in [0.2, 0.25) is 0 Å². The van der Waals surface area contributed by atoms with Crippen molar-refractivity contribution in [2.45, 2.75) is 32.9 Å². The highest BCUT2D eigenvalue weighted by molar-refractivity contribution is 6.30. The summed E-state index contributed by atoms with van der Waals surface area (Å²) in [6.07, 6.45) is 0.299. The summed E-state index contributed by atoms with van der Waals surface area (Å²) in [5.41, 5.74) is 1.24. The van der Waals surface area contributed by atoms with E-state index in [1.165, 1.54) is 5.56 Å². The van der Waals surface area contributed by atoms with E-state index in [1.807, 2.05) is 38.1 Å². The van der Waals surface area contributed by atoms with Crippen LogP contribution in [0.25, 0.3) is 0 Å². The Kier molecular flexibility index (Phi) is 5.81. The van der Waals surface area contributed by atoms with E-state index >= 15 is 0 Å². The van der Waals surface area contributed by atoms with Gasteiger partial charge in [-0.25, -0.2) is 0 Å². The third kappa shape index (κ3) is 4.97. The largest absolute Gasteiger partial charge is 0.377 e. The standard InChI is InChI=1S/C13H20ClNO/c1-10(2)16-9-8-15-11(3)12-4-6-13(14)7-5-12/h4-7,10-11,15H,8-9H2,1-3H3/t11-/m1/s1. The molecule has 0 saturated carbocycles. The summed E-state index contributed by atoms with van der Waals surface area (Å²) in [4.78, 5) is 0. The molecule has 2 nitrogen and oxygen atoms in total.